The number of hydrogen-bond donors (Lipinski definition) is 3. The molecule has 0 heterocycles. The molecule has 0 aliphatic rings. The van der Waals surface area contributed by atoms with E-state index in [-0.39, 0.29) is 25.7 Å². The Morgan fingerprint density at radius 3 is 0.745 bits per heavy atom. The monoisotopic (exact) mass is 1490 g/mol. The average molecular weight is 1490 g/mol. The van der Waals surface area contributed by atoms with Crippen molar-refractivity contribution in [3.05, 3.63) is 0 Å². The van der Waals surface area contributed by atoms with Gasteiger partial charge in [-0.15, -0.1) is 0 Å². The van der Waals surface area contributed by atoms with Gasteiger partial charge in [-0.1, -0.05) is 382 Å². The molecule has 6 atom stereocenters. The molecule has 3 unspecified atom stereocenters. The third-order valence-corrected chi connectivity index (χ3v) is 21.6. The fourth-order valence-electron chi connectivity index (χ4n) is 12.8. The number of rotatable bonds is 81. The van der Waals surface area contributed by atoms with Crippen LogP contribution in [0.4, 0.5) is 0 Å². The first-order valence-electron chi connectivity index (χ1n) is 42.9. The molecule has 19 heteroatoms. The fraction of sp³-hybridized carbons (Fsp3) is 0.952. The summed E-state index contributed by atoms with van der Waals surface area (Å²) in [7, 11) is -9.92. The molecule has 0 amide bonds. The van der Waals surface area contributed by atoms with E-state index >= 15 is 0 Å². The van der Waals surface area contributed by atoms with Crippen molar-refractivity contribution in [2.24, 2.45) is 17.8 Å². The minimum atomic E-state index is -4.96. The molecule has 17 nitrogen and oxygen atoms in total. The normalized spacial score (nSPS) is 14.2. The van der Waals surface area contributed by atoms with Crippen molar-refractivity contribution in [1.29, 1.82) is 0 Å². The third-order valence-electron chi connectivity index (χ3n) is 19.7. The van der Waals surface area contributed by atoms with Crippen molar-refractivity contribution in [2.75, 3.05) is 39.6 Å². The lowest BCUT2D eigenvalue weighted by Gasteiger charge is -2.21. The van der Waals surface area contributed by atoms with Crippen LogP contribution in [-0.2, 0) is 65.4 Å². The molecule has 0 radical (unpaired) electrons. The van der Waals surface area contributed by atoms with Gasteiger partial charge in [0, 0.05) is 25.7 Å². The Bertz CT molecular complexity index is 1980. The van der Waals surface area contributed by atoms with Crippen LogP contribution in [0.1, 0.15) is 434 Å². The van der Waals surface area contributed by atoms with Gasteiger partial charge in [-0.05, 0) is 43.4 Å². The molecule has 0 saturated heterocycles. The number of carbonyl (C=O) groups is 4. The predicted octanol–water partition coefficient (Wildman–Crippen LogP) is 24.9. The van der Waals surface area contributed by atoms with Gasteiger partial charge in [0.15, 0.2) is 12.2 Å². The molecule has 0 fully saturated rings. The number of phosphoric acid groups is 2. The van der Waals surface area contributed by atoms with Gasteiger partial charge < -0.3 is 33.8 Å². The molecule has 0 saturated carbocycles. The first kappa shape index (κ1) is 100. The topological polar surface area (TPSA) is 237 Å². The van der Waals surface area contributed by atoms with Crippen LogP contribution in [0.2, 0.25) is 0 Å². The van der Waals surface area contributed by atoms with E-state index in [1.165, 1.54) is 244 Å². The SMILES string of the molecule is CCCCCCCCCCCCC(=O)OC[C@H](COP(=O)(O)OC[C@H](O)COP(=O)(O)OC[C@@H](COC(=O)CCCCCCCCCCCCCCCCCCCCC(C)C)OC(=O)CCCCCCCCCCCCCCCCCCCCC(C)C)OC(=O)CCCCCCCCC(C)CC. The summed E-state index contributed by atoms with van der Waals surface area (Å²) in [6.07, 6.45) is 62.7. The van der Waals surface area contributed by atoms with Crippen LogP contribution in [0.25, 0.3) is 0 Å². The van der Waals surface area contributed by atoms with Crippen LogP contribution in [0, 0.1) is 17.8 Å². The van der Waals surface area contributed by atoms with Crippen LogP contribution in [0.15, 0.2) is 0 Å². The first-order chi connectivity index (χ1) is 49.3. The van der Waals surface area contributed by atoms with Crippen molar-refractivity contribution >= 4 is 39.5 Å². The van der Waals surface area contributed by atoms with E-state index in [0.717, 1.165) is 108 Å². The zero-order chi connectivity index (χ0) is 75.1. The summed E-state index contributed by atoms with van der Waals surface area (Å²) in [5, 5.41) is 10.6. The standard InChI is InChI=1S/C83H162O17P2/c1-8-10-11-12-13-14-37-42-50-57-64-80(85)94-71-79(100-83(88)67-60-53-46-45-49-56-63-76(7)9-2)73-98-102(91,92)96-69-77(84)68-95-101(89,90)97-72-78(99-82(87)66-59-52-44-39-34-30-26-22-18-16-20-24-28-32-36-41-48-55-62-75(5)6)70-93-81(86)65-58-51-43-38-33-29-25-21-17-15-19-23-27-31-35-40-47-54-61-74(3)4/h74-79,84H,8-73H2,1-7H3,(H,89,90)(H,91,92)/t76?,77-,78-,79-/m1/s1. The Kier molecular flexibility index (Phi) is 71.8. The molecule has 0 aliphatic heterocycles. The van der Waals surface area contributed by atoms with Gasteiger partial charge in [0.25, 0.3) is 0 Å². The van der Waals surface area contributed by atoms with Crippen LogP contribution < -0.4 is 0 Å². The maximum Gasteiger partial charge on any atom is 0.472 e. The van der Waals surface area contributed by atoms with Crippen LogP contribution >= 0.6 is 15.6 Å². The number of unbranched alkanes of at least 4 members (excludes halogenated alkanes) is 48. The molecule has 0 aliphatic carbocycles. The molecule has 606 valence electrons. The van der Waals surface area contributed by atoms with Crippen LogP contribution in [-0.4, -0.2) is 96.7 Å². The molecule has 0 bridgehead atoms. The predicted molar refractivity (Wildman–Crippen MR) is 418 cm³/mol. The number of esters is 4. The maximum absolute atomic E-state index is 13.1. The smallest absolute Gasteiger partial charge is 0.462 e. The van der Waals surface area contributed by atoms with E-state index in [9.17, 15) is 43.2 Å². The molecular weight excluding hydrogens is 1330 g/mol. The summed E-state index contributed by atoms with van der Waals surface area (Å²) in [6.45, 7) is 12.0. The Balaban J connectivity index is 5.18. The van der Waals surface area contributed by atoms with E-state index in [1.54, 1.807) is 0 Å². The van der Waals surface area contributed by atoms with Crippen molar-refractivity contribution in [2.45, 2.75) is 452 Å². The van der Waals surface area contributed by atoms with E-state index in [0.29, 0.717) is 25.7 Å². The molecule has 0 spiro atoms. The quantitative estimate of drug-likeness (QED) is 0.0222. The van der Waals surface area contributed by atoms with Crippen molar-refractivity contribution in [3.8, 4) is 0 Å². The second kappa shape index (κ2) is 73.2. The van der Waals surface area contributed by atoms with Gasteiger partial charge in [0.2, 0.25) is 0 Å². The number of aliphatic hydroxyl groups is 1. The highest BCUT2D eigenvalue weighted by Gasteiger charge is 2.30. The van der Waals surface area contributed by atoms with Gasteiger partial charge in [-0.3, -0.25) is 37.3 Å². The van der Waals surface area contributed by atoms with Gasteiger partial charge >= 0.3 is 39.5 Å². The lowest BCUT2D eigenvalue weighted by molar-refractivity contribution is -0.161. The molecule has 0 rings (SSSR count). The summed E-state index contributed by atoms with van der Waals surface area (Å²) < 4.78 is 68.7. The highest BCUT2D eigenvalue weighted by molar-refractivity contribution is 7.47. The summed E-state index contributed by atoms with van der Waals surface area (Å²) in [5.74, 6) is 0.251. The van der Waals surface area contributed by atoms with Crippen molar-refractivity contribution in [1.82, 2.24) is 0 Å². The van der Waals surface area contributed by atoms with E-state index < -0.39 is 97.5 Å². The molecule has 3 N–H and O–H groups in total. The number of hydrogen-bond acceptors (Lipinski definition) is 15. The second-order valence-electron chi connectivity index (χ2n) is 31.1. The van der Waals surface area contributed by atoms with E-state index in [2.05, 4.69) is 48.5 Å². The second-order valence-corrected chi connectivity index (χ2v) is 34.0. The molecule has 0 aromatic carbocycles. The fourth-order valence-corrected chi connectivity index (χ4v) is 14.4. The van der Waals surface area contributed by atoms with Gasteiger partial charge in [0.1, 0.15) is 19.3 Å². The largest absolute Gasteiger partial charge is 0.472 e. The molecule has 0 aromatic heterocycles. The third kappa shape index (κ3) is 74.9. The molecular formula is C83H162O17P2. The highest BCUT2D eigenvalue weighted by Crippen LogP contribution is 2.45. The molecule has 0 aromatic rings. The lowest BCUT2D eigenvalue weighted by Crippen LogP contribution is -2.30. The zero-order valence-electron chi connectivity index (χ0n) is 67.1. The van der Waals surface area contributed by atoms with Crippen molar-refractivity contribution < 1.29 is 80.2 Å². The Labute approximate surface area is 626 Å². The van der Waals surface area contributed by atoms with Crippen LogP contribution in [0.5, 0.6) is 0 Å². The number of aliphatic hydroxyl groups excluding tert-OH is 1. The number of carbonyl (C=O) groups excluding carboxylic acids is 4. The van der Waals surface area contributed by atoms with E-state index in [4.69, 9.17) is 37.0 Å². The highest BCUT2D eigenvalue weighted by atomic mass is 31.2. The van der Waals surface area contributed by atoms with Crippen LogP contribution in [0.3, 0.4) is 0 Å². The van der Waals surface area contributed by atoms with Gasteiger partial charge in [0.05, 0.1) is 26.4 Å². The minimum absolute atomic E-state index is 0.103. The summed E-state index contributed by atoms with van der Waals surface area (Å²) >= 11 is 0. The first-order valence-corrected chi connectivity index (χ1v) is 45.9. The van der Waals surface area contributed by atoms with Gasteiger partial charge in [-0.2, -0.15) is 0 Å². The Morgan fingerprint density at radius 1 is 0.284 bits per heavy atom. The Hall–Kier alpha value is -1.94. The summed E-state index contributed by atoms with van der Waals surface area (Å²) in [4.78, 5) is 73.0. The average Bonchev–Trinajstić information content (AvgIpc) is 0.916. The van der Waals surface area contributed by atoms with Gasteiger partial charge in [-0.25, -0.2) is 9.13 Å². The lowest BCUT2D eigenvalue weighted by atomic mass is 10.00. The van der Waals surface area contributed by atoms with Crippen molar-refractivity contribution in [3.63, 3.8) is 0 Å². The maximum atomic E-state index is 13.1. The number of ether oxygens (including phenoxy) is 4. The summed E-state index contributed by atoms with van der Waals surface area (Å²) in [5.41, 5.74) is 0. The minimum Gasteiger partial charge on any atom is -0.462 e. The Morgan fingerprint density at radius 2 is 0.500 bits per heavy atom. The molecule has 102 heavy (non-hydrogen) atoms. The summed E-state index contributed by atoms with van der Waals surface area (Å²) in [6, 6.07) is 0. The van der Waals surface area contributed by atoms with E-state index in [1.807, 2.05) is 0 Å². The zero-order valence-corrected chi connectivity index (χ0v) is 68.9. The number of phosphoric ester groups is 2.